The van der Waals surface area contributed by atoms with Crippen LogP contribution >= 0.6 is 11.6 Å². The molecule has 5 heteroatoms. The Labute approximate surface area is 128 Å². The first-order valence-corrected chi connectivity index (χ1v) is 6.89. The predicted molar refractivity (Wildman–Crippen MR) is 85.7 cm³/mol. The number of hydrogen-bond acceptors (Lipinski definition) is 3. The van der Waals surface area contributed by atoms with Crippen molar-refractivity contribution in [1.29, 1.82) is 0 Å². The Morgan fingerprint density at radius 1 is 1.33 bits per heavy atom. The zero-order valence-corrected chi connectivity index (χ0v) is 12.7. The van der Waals surface area contributed by atoms with E-state index in [1.165, 1.54) is 6.92 Å². The van der Waals surface area contributed by atoms with Crippen molar-refractivity contribution in [3.05, 3.63) is 52.5 Å². The van der Waals surface area contributed by atoms with E-state index in [2.05, 4.69) is 5.32 Å². The van der Waals surface area contributed by atoms with Crippen LogP contribution in [0.3, 0.4) is 0 Å². The molecule has 0 aromatic heterocycles. The van der Waals surface area contributed by atoms with Crippen molar-refractivity contribution in [2.45, 2.75) is 20.5 Å². The van der Waals surface area contributed by atoms with Gasteiger partial charge in [-0.15, -0.1) is 0 Å². The summed E-state index contributed by atoms with van der Waals surface area (Å²) in [5, 5.41) is 3.41. The molecule has 0 aliphatic carbocycles. The highest BCUT2D eigenvalue weighted by atomic mass is 35.5. The maximum absolute atomic E-state index is 11.3. The molecule has 0 aliphatic rings. The number of carbonyl (C=O) groups is 1. The van der Waals surface area contributed by atoms with Crippen LogP contribution in [-0.4, -0.2) is 5.91 Å². The van der Waals surface area contributed by atoms with E-state index < -0.39 is 0 Å². The van der Waals surface area contributed by atoms with Crippen LogP contribution < -0.4 is 15.8 Å². The van der Waals surface area contributed by atoms with E-state index in [1.54, 1.807) is 18.2 Å². The predicted octanol–water partition coefficient (Wildman–Crippen LogP) is 3.77. The molecule has 21 heavy (non-hydrogen) atoms. The molecule has 0 atom stereocenters. The standard InChI is InChI=1S/C16H17ClN2O2/c1-10-7-13(18)8-15(16(10)19-11(2)20)21-9-12-5-3-4-6-14(12)17/h3-8H,9,18H2,1-2H3,(H,19,20). The maximum atomic E-state index is 11.3. The highest BCUT2D eigenvalue weighted by Gasteiger charge is 2.11. The van der Waals surface area contributed by atoms with Crippen LogP contribution in [0.5, 0.6) is 5.75 Å². The number of halogens is 1. The number of nitrogens with two attached hydrogens (primary N) is 1. The summed E-state index contributed by atoms with van der Waals surface area (Å²) < 4.78 is 5.79. The lowest BCUT2D eigenvalue weighted by Crippen LogP contribution is -2.10. The van der Waals surface area contributed by atoms with Gasteiger partial charge in [0.25, 0.3) is 0 Å². The molecule has 2 rings (SSSR count). The van der Waals surface area contributed by atoms with E-state index in [4.69, 9.17) is 22.1 Å². The van der Waals surface area contributed by atoms with E-state index >= 15 is 0 Å². The molecular weight excluding hydrogens is 288 g/mol. The van der Waals surface area contributed by atoms with Crippen molar-refractivity contribution in [1.82, 2.24) is 0 Å². The van der Waals surface area contributed by atoms with Gasteiger partial charge in [-0.3, -0.25) is 4.79 Å². The Morgan fingerprint density at radius 2 is 2.05 bits per heavy atom. The number of ether oxygens (including phenoxy) is 1. The summed E-state index contributed by atoms with van der Waals surface area (Å²) in [4.78, 5) is 11.3. The Bertz CT molecular complexity index is 671. The van der Waals surface area contributed by atoms with Crippen molar-refractivity contribution in [2.75, 3.05) is 11.1 Å². The smallest absolute Gasteiger partial charge is 0.221 e. The van der Waals surface area contributed by atoms with Crippen LogP contribution in [-0.2, 0) is 11.4 Å². The number of hydrogen-bond donors (Lipinski definition) is 2. The first-order valence-electron chi connectivity index (χ1n) is 6.51. The van der Waals surface area contributed by atoms with Crippen molar-refractivity contribution in [3.8, 4) is 5.75 Å². The van der Waals surface area contributed by atoms with Gasteiger partial charge >= 0.3 is 0 Å². The molecule has 110 valence electrons. The molecular formula is C16H17ClN2O2. The number of amides is 1. The lowest BCUT2D eigenvalue weighted by molar-refractivity contribution is -0.114. The Hall–Kier alpha value is -2.20. The first kappa shape index (κ1) is 15.2. The third kappa shape index (κ3) is 3.89. The fourth-order valence-corrected chi connectivity index (χ4v) is 2.19. The second-order valence-corrected chi connectivity index (χ2v) is 5.18. The summed E-state index contributed by atoms with van der Waals surface area (Å²) in [7, 11) is 0. The van der Waals surface area contributed by atoms with E-state index in [0.29, 0.717) is 28.8 Å². The van der Waals surface area contributed by atoms with Gasteiger partial charge in [0.1, 0.15) is 12.4 Å². The third-order valence-electron chi connectivity index (χ3n) is 2.96. The molecule has 0 spiro atoms. The third-order valence-corrected chi connectivity index (χ3v) is 3.33. The minimum absolute atomic E-state index is 0.162. The average Bonchev–Trinajstić information content (AvgIpc) is 2.41. The maximum Gasteiger partial charge on any atom is 0.221 e. The Kier molecular flexibility index (Phi) is 4.70. The van der Waals surface area contributed by atoms with Crippen molar-refractivity contribution in [3.63, 3.8) is 0 Å². The van der Waals surface area contributed by atoms with Crippen molar-refractivity contribution < 1.29 is 9.53 Å². The second kappa shape index (κ2) is 6.50. The summed E-state index contributed by atoms with van der Waals surface area (Å²) in [6.45, 7) is 3.62. The minimum atomic E-state index is -0.162. The molecule has 1 amide bonds. The molecule has 0 saturated carbocycles. The molecule has 3 N–H and O–H groups in total. The van der Waals surface area contributed by atoms with Gasteiger partial charge in [0, 0.05) is 29.3 Å². The van der Waals surface area contributed by atoms with Crippen LogP contribution in [0, 0.1) is 6.92 Å². The molecule has 4 nitrogen and oxygen atoms in total. The average molecular weight is 305 g/mol. The largest absolute Gasteiger partial charge is 0.487 e. The molecule has 2 aromatic rings. The van der Waals surface area contributed by atoms with Crippen molar-refractivity contribution >= 4 is 28.9 Å². The van der Waals surface area contributed by atoms with E-state index in [9.17, 15) is 4.79 Å². The summed E-state index contributed by atoms with van der Waals surface area (Å²) in [5.41, 5.74) is 8.76. The molecule has 0 radical (unpaired) electrons. The fourth-order valence-electron chi connectivity index (χ4n) is 2.00. The normalized spacial score (nSPS) is 10.2. The van der Waals surface area contributed by atoms with Gasteiger partial charge in [0.05, 0.1) is 5.69 Å². The van der Waals surface area contributed by atoms with Crippen LogP contribution in [0.15, 0.2) is 36.4 Å². The number of nitrogen functional groups attached to an aromatic ring is 1. The van der Waals surface area contributed by atoms with Gasteiger partial charge in [0.2, 0.25) is 5.91 Å². The number of rotatable bonds is 4. The molecule has 0 fully saturated rings. The number of aryl methyl sites for hydroxylation is 1. The molecule has 2 aromatic carbocycles. The molecule has 0 unspecified atom stereocenters. The van der Waals surface area contributed by atoms with E-state index in [-0.39, 0.29) is 5.91 Å². The van der Waals surface area contributed by atoms with E-state index in [1.807, 2.05) is 25.1 Å². The van der Waals surface area contributed by atoms with Gasteiger partial charge in [0.15, 0.2) is 0 Å². The van der Waals surface area contributed by atoms with E-state index in [0.717, 1.165) is 11.1 Å². The Morgan fingerprint density at radius 3 is 2.71 bits per heavy atom. The van der Waals surface area contributed by atoms with Crippen LogP contribution in [0.4, 0.5) is 11.4 Å². The van der Waals surface area contributed by atoms with Gasteiger partial charge in [-0.25, -0.2) is 0 Å². The summed E-state index contributed by atoms with van der Waals surface area (Å²) in [5.74, 6) is 0.369. The quantitative estimate of drug-likeness (QED) is 0.845. The van der Waals surface area contributed by atoms with Crippen LogP contribution in [0.1, 0.15) is 18.1 Å². The van der Waals surface area contributed by atoms with Gasteiger partial charge in [-0.1, -0.05) is 29.8 Å². The zero-order valence-electron chi connectivity index (χ0n) is 11.9. The van der Waals surface area contributed by atoms with Gasteiger partial charge < -0.3 is 15.8 Å². The fraction of sp³-hybridized carbons (Fsp3) is 0.188. The highest BCUT2D eigenvalue weighted by Crippen LogP contribution is 2.32. The van der Waals surface area contributed by atoms with Crippen LogP contribution in [0.25, 0.3) is 0 Å². The molecule has 0 bridgehead atoms. The SMILES string of the molecule is CC(=O)Nc1c(C)cc(N)cc1OCc1ccccc1Cl. The lowest BCUT2D eigenvalue weighted by Gasteiger charge is -2.15. The Balaban J connectivity index is 2.26. The molecule has 0 heterocycles. The number of benzene rings is 2. The highest BCUT2D eigenvalue weighted by molar-refractivity contribution is 6.31. The topological polar surface area (TPSA) is 64.4 Å². The number of anilines is 2. The summed E-state index contributed by atoms with van der Waals surface area (Å²) in [6.07, 6.45) is 0. The molecule has 0 saturated heterocycles. The number of carbonyl (C=O) groups excluding carboxylic acids is 1. The van der Waals surface area contributed by atoms with Crippen LogP contribution in [0.2, 0.25) is 5.02 Å². The second-order valence-electron chi connectivity index (χ2n) is 4.77. The summed E-state index contributed by atoms with van der Waals surface area (Å²) in [6, 6.07) is 10.9. The first-order chi connectivity index (χ1) is 9.97. The summed E-state index contributed by atoms with van der Waals surface area (Å²) >= 11 is 6.10. The monoisotopic (exact) mass is 304 g/mol. The van der Waals surface area contributed by atoms with Gasteiger partial charge in [-0.2, -0.15) is 0 Å². The lowest BCUT2D eigenvalue weighted by atomic mass is 10.1. The minimum Gasteiger partial charge on any atom is -0.487 e. The number of nitrogens with one attached hydrogen (secondary N) is 1. The van der Waals surface area contributed by atoms with Crippen molar-refractivity contribution in [2.24, 2.45) is 0 Å². The van der Waals surface area contributed by atoms with Gasteiger partial charge in [-0.05, 0) is 24.6 Å². The molecule has 0 aliphatic heterocycles. The zero-order chi connectivity index (χ0) is 15.4.